The molecule has 1 rings (SSSR count). The number of hydrogen-bond acceptors (Lipinski definition) is 3. The first kappa shape index (κ1) is 13.4. The average Bonchev–Trinajstić information content (AvgIpc) is 2.28. The molecule has 0 amide bonds. The van der Waals surface area contributed by atoms with Crippen molar-refractivity contribution in [1.29, 1.82) is 0 Å². The molecular weight excluding hydrogens is 244 g/mol. The molecule has 0 saturated heterocycles. The number of benzene rings is 1. The SMILES string of the molecule is CCOc1cc(Cl)c(C=CC(=O)O)cc1OC. The first-order valence-electron chi connectivity index (χ1n) is 4.99. The predicted octanol–water partition coefficient (Wildman–Crippen LogP) is 2.85. The van der Waals surface area contributed by atoms with Crippen molar-refractivity contribution in [2.24, 2.45) is 0 Å². The molecule has 0 aliphatic heterocycles. The minimum Gasteiger partial charge on any atom is -0.493 e. The number of hydrogen-bond donors (Lipinski definition) is 1. The van der Waals surface area contributed by atoms with Crippen LogP contribution in [0.2, 0.25) is 5.02 Å². The molecule has 0 atom stereocenters. The predicted molar refractivity (Wildman–Crippen MR) is 65.8 cm³/mol. The largest absolute Gasteiger partial charge is 0.493 e. The molecule has 0 aliphatic carbocycles. The van der Waals surface area contributed by atoms with Gasteiger partial charge in [-0.05, 0) is 24.6 Å². The molecule has 0 saturated carbocycles. The monoisotopic (exact) mass is 256 g/mol. The second-order valence-corrected chi connectivity index (χ2v) is 3.54. The van der Waals surface area contributed by atoms with Crippen molar-refractivity contribution in [3.63, 3.8) is 0 Å². The van der Waals surface area contributed by atoms with E-state index >= 15 is 0 Å². The number of rotatable bonds is 5. The van der Waals surface area contributed by atoms with Gasteiger partial charge >= 0.3 is 5.97 Å². The van der Waals surface area contributed by atoms with Crippen LogP contribution in [0.1, 0.15) is 12.5 Å². The van der Waals surface area contributed by atoms with E-state index in [2.05, 4.69) is 0 Å². The Hall–Kier alpha value is -1.68. The Morgan fingerprint density at radius 1 is 1.47 bits per heavy atom. The van der Waals surface area contributed by atoms with E-state index in [9.17, 15) is 4.79 Å². The van der Waals surface area contributed by atoms with Crippen molar-refractivity contribution in [3.8, 4) is 11.5 Å². The zero-order chi connectivity index (χ0) is 12.8. The molecule has 0 radical (unpaired) electrons. The third-order valence-corrected chi connectivity index (χ3v) is 2.32. The number of aliphatic carboxylic acids is 1. The lowest BCUT2D eigenvalue weighted by Crippen LogP contribution is -1.96. The van der Waals surface area contributed by atoms with Gasteiger partial charge in [-0.15, -0.1) is 0 Å². The van der Waals surface area contributed by atoms with Gasteiger partial charge in [0.15, 0.2) is 11.5 Å². The van der Waals surface area contributed by atoms with Gasteiger partial charge in [0.2, 0.25) is 0 Å². The molecule has 1 N–H and O–H groups in total. The summed E-state index contributed by atoms with van der Waals surface area (Å²) in [7, 11) is 1.51. The maximum Gasteiger partial charge on any atom is 0.328 e. The van der Waals surface area contributed by atoms with E-state index in [-0.39, 0.29) is 0 Å². The molecule has 0 unspecified atom stereocenters. The van der Waals surface area contributed by atoms with E-state index in [1.165, 1.54) is 13.2 Å². The van der Waals surface area contributed by atoms with E-state index in [0.29, 0.717) is 28.7 Å². The van der Waals surface area contributed by atoms with Crippen LogP contribution in [0.25, 0.3) is 6.08 Å². The van der Waals surface area contributed by atoms with E-state index in [4.69, 9.17) is 26.2 Å². The number of carboxylic acids is 1. The quantitative estimate of drug-likeness (QED) is 0.823. The highest BCUT2D eigenvalue weighted by Gasteiger charge is 2.08. The molecule has 0 aromatic heterocycles. The van der Waals surface area contributed by atoms with Crippen molar-refractivity contribution >= 4 is 23.6 Å². The molecule has 92 valence electrons. The molecule has 0 heterocycles. The van der Waals surface area contributed by atoms with Crippen LogP contribution in [-0.4, -0.2) is 24.8 Å². The van der Waals surface area contributed by atoms with Crippen molar-refractivity contribution in [3.05, 3.63) is 28.8 Å². The highest BCUT2D eigenvalue weighted by Crippen LogP contribution is 2.33. The fraction of sp³-hybridized carbons (Fsp3) is 0.250. The standard InChI is InChI=1S/C12H13ClO4/c1-3-17-11-7-9(13)8(4-5-12(14)15)6-10(11)16-2/h4-7H,3H2,1-2H3,(H,14,15). The molecule has 0 spiro atoms. The van der Waals surface area contributed by atoms with Crippen LogP contribution < -0.4 is 9.47 Å². The van der Waals surface area contributed by atoms with Crippen LogP contribution in [0.5, 0.6) is 11.5 Å². The van der Waals surface area contributed by atoms with E-state index in [1.54, 1.807) is 12.1 Å². The Morgan fingerprint density at radius 2 is 2.18 bits per heavy atom. The second-order valence-electron chi connectivity index (χ2n) is 3.13. The number of halogens is 1. The molecule has 1 aromatic carbocycles. The van der Waals surface area contributed by atoms with Gasteiger partial charge in [0.1, 0.15) is 0 Å². The van der Waals surface area contributed by atoms with Crippen molar-refractivity contribution < 1.29 is 19.4 Å². The lowest BCUT2D eigenvalue weighted by atomic mass is 10.2. The highest BCUT2D eigenvalue weighted by molar-refractivity contribution is 6.32. The van der Waals surface area contributed by atoms with Gasteiger partial charge in [-0.25, -0.2) is 4.79 Å². The van der Waals surface area contributed by atoms with Gasteiger partial charge < -0.3 is 14.6 Å². The zero-order valence-corrected chi connectivity index (χ0v) is 10.3. The van der Waals surface area contributed by atoms with E-state index in [0.717, 1.165) is 6.08 Å². The third-order valence-electron chi connectivity index (χ3n) is 1.99. The molecule has 0 bridgehead atoms. The summed E-state index contributed by atoms with van der Waals surface area (Å²) in [5.41, 5.74) is 0.564. The van der Waals surface area contributed by atoms with E-state index < -0.39 is 5.97 Å². The van der Waals surface area contributed by atoms with Crippen molar-refractivity contribution in [2.45, 2.75) is 6.92 Å². The third kappa shape index (κ3) is 3.67. The van der Waals surface area contributed by atoms with Crippen LogP contribution in [0.3, 0.4) is 0 Å². The van der Waals surface area contributed by atoms with Crippen molar-refractivity contribution in [1.82, 2.24) is 0 Å². The Morgan fingerprint density at radius 3 is 2.71 bits per heavy atom. The molecular formula is C12H13ClO4. The smallest absolute Gasteiger partial charge is 0.328 e. The molecule has 0 fully saturated rings. The van der Waals surface area contributed by atoms with Crippen LogP contribution in [0.15, 0.2) is 18.2 Å². The van der Waals surface area contributed by atoms with Gasteiger partial charge in [-0.2, -0.15) is 0 Å². The van der Waals surface area contributed by atoms with Crippen LogP contribution >= 0.6 is 11.6 Å². The summed E-state index contributed by atoms with van der Waals surface area (Å²) in [6, 6.07) is 3.23. The molecule has 1 aromatic rings. The molecule has 5 heteroatoms. The first-order chi connectivity index (χ1) is 8.08. The summed E-state index contributed by atoms with van der Waals surface area (Å²) in [5, 5.41) is 8.95. The first-order valence-corrected chi connectivity index (χ1v) is 5.37. The normalized spacial score (nSPS) is 10.5. The summed E-state index contributed by atoms with van der Waals surface area (Å²) in [6.07, 6.45) is 2.42. The zero-order valence-electron chi connectivity index (χ0n) is 9.57. The lowest BCUT2D eigenvalue weighted by molar-refractivity contribution is -0.131. The second kappa shape index (κ2) is 6.15. The minimum absolute atomic E-state index is 0.409. The molecule has 17 heavy (non-hydrogen) atoms. The minimum atomic E-state index is -1.03. The van der Waals surface area contributed by atoms with Crippen LogP contribution in [-0.2, 0) is 4.79 Å². The van der Waals surface area contributed by atoms with Crippen LogP contribution in [0.4, 0.5) is 0 Å². The molecule has 0 aliphatic rings. The van der Waals surface area contributed by atoms with E-state index in [1.807, 2.05) is 6.92 Å². The average molecular weight is 257 g/mol. The number of carbonyl (C=O) groups is 1. The number of ether oxygens (including phenoxy) is 2. The lowest BCUT2D eigenvalue weighted by Gasteiger charge is -2.11. The highest BCUT2D eigenvalue weighted by atomic mass is 35.5. The van der Waals surface area contributed by atoms with Gasteiger partial charge in [0, 0.05) is 12.1 Å². The van der Waals surface area contributed by atoms with Gasteiger partial charge in [-0.1, -0.05) is 11.6 Å². The number of methoxy groups -OCH3 is 1. The summed E-state index contributed by atoms with van der Waals surface area (Å²) in [6.45, 7) is 2.35. The summed E-state index contributed by atoms with van der Waals surface area (Å²) < 4.78 is 10.5. The Kier molecular flexibility index (Phi) is 4.84. The topological polar surface area (TPSA) is 55.8 Å². The fourth-order valence-electron chi connectivity index (χ4n) is 1.27. The van der Waals surface area contributed by atoms with Crippen LogP contribution in [0, 0.1) is 0 Å². The maximum atomic E-state index is 10.4. The Bertz CT molecular complexity index is 440. The van der Waals surface area contributed by atoms with Crippen molar-refractivity contribution in [2.75, 3.05) is 13.7 Å². The Labute approximate surface area is 104 Å². The molecule has 4 nitrogen and oxygen atoms in total. The number of carboxylic acid groups (broad SMARTS) is 1. The summed E-state index contributed by atoms with van der Waals surface area (Å²) in [5.74, 6) is 0.0164. The van der Waals surface area contributed by atoms with Gasteiger partial charge in [0.05, 0.1) is 18.7 Å². The Balaban J connectivity index is 3.12. The fourth-order valence-corrected chi connectivity index (χ4v) is 1.48. The van der Waals surface area contributed by atoms with Gasteiger partial charge in [-0.3, -0.25) is 0 Å². The summed E-state index contributed by atoms with van der Waals surface area (Å²) in [4.78, 5) is 10.4. The van der Waals surface area contributed by atoms with Gasteiger partial charge in [0.25, 0.3) is 0 Å². The maximum absolute atomic E-state index is 10.4. The summed E-state index contributed by atoms with van der Waals surface area (Å²) >= 11 is 6.00.